The van der Waals surface area contributed by atoms with Gasteiger partial charge in [-0.2, -0.15) is 0 Å². The fourth-order valence-corrected chi connectivity index (χ4v) is 1.66. The number of ether oxygens (including phenoxy) is 1. The largest absolute Gasteiger partial charge is 0.459 e. The first-order valence-electron chi connectivity index (χ1n) is 6.08. The van der Waals surface area contributed by atoms with E-state index in [9.17, 15) is 4.79 Å². The molecule has 0 N–H and O–H groups in total. The number of carbonyl (C=O) groups excluding carboxylic acids is 1. The molecule has 1 atom stereocenters. The van der Waals surface area contributed by atoms with Crippen LogP contribution in [0.25, 0.3) is 0 Å². The summed E-state index contributed by atoms with van der Waals surface area (Å²) < 4.78 is 5.51. The molecule has 0 amide bonds. The number of carbonyl (C=O) groups is 1. The van der Waals surface area contributed by atoms with Crippen LogP contribution in [0.1, 0.15) is 46.6 Å². The Morgan fingerprint density at radius 3 is 2.06 bits per heavy atom. The van der Waals surface area contributed by atoms with Crippen molar-refractivity contribution in [2.24, 2.45) is 0 Å². The highest BCUT2D eigenvalue weighted by atomic mass is 16.6. The number of benzene rings is 1. The Morgan fingerprint density at radius 2 is 1.65 bits per heavy atom. The molecule has 0 saturated heterocycles. The zero-order chi connectivity index (χ0) is 13.1. The summed E-state index contributed by atoms with van der Waals surface area (Å²) in [5.41, 5.74) is 0.00774. The first kappa shape index (κ1) is 13.8. The average Bonchev–Trinajstić information content (AvgIpc) is 2.27. The Labute approximate surface area is 104 Å². The molecule has 2 heteroatoms. The highest BCUT2D eigenvalue weighted by molar-refractivity contribution is 5.83. The molecule has 1 unspecified atom stereocenters. The molecule has 0 spiro atoms. The lowest BCUT2D eigenvalue weighted by Gasteiger charge is -2.31. The van der Waals surface area contributed by atoms with Crippen LogP contribution >= 0.6 is 0 Å². The van der Waals surface area contributed by atoms with E-state index in [1.807, 2.05) is 65.0 Å². The molecule has 0 saturated carbocycles. The lowest BCUT2D eigenvalue weighted by Crippen LogP contribution is -2.38. The number of esters is 1. The van der Waals surface area contributed by atoms with Crippen molar-refractivity contribution >= 4 is 5.97 Å². The second-order valence-electron chi connectivity index (χ2n) is 5.55. The van der Waals surface area contributed by atoms with Crippen LogP contribution in [0.5, 0.6) is 0 Å². The third kappa shape index (κ3) is 3.32. The van der Waals surface area contributed by atoms with E-state index in [1.165, 1.54) is 0 Å². The van der Waals surface area contributed by atoms with Gasteiger partial charge in [-0.3, -0.25) is 4.79 Å². The number of hydrogen-bond acceptors (Lipinski definition) is 2. The van der Waals surface area contributed by atoms with Crippen LogP contribution in [-0.4, -0.2) is 11.6 Å². The third-order valence-electron chi connectivity index (χ3n) is 2.97. The SMILES string of the molecule is CCC(C)(C(=O)OC(C)(C)C)c1ccccc1. The molecule has 0 aromatic heterocycles. The zero-order valence-corrected chi connectivity index (χ0v) is 11.4. The third-order valence-corrected chi connectivity index (χ3v) is 2.97. The summed E-state index contributed by atoms with van der Waals surface area (Å²) in [4.78, 5) is 12.3. The molecular formula is C15H22O2. The first-order valence-corrected chi connectivity index (χ1v) is 6.08. The molecule has 0 aliphatic rings. The first-order chi connectivity index (χ1) is 7.79. The van der Waals surface area contributed by atoms with Gasteiger partial charge in [0.1, 0.15) is 5.60 Å². The molecule has 0 fully saturated rings. The molecule has 0 bridgehead atoms. The van der Waals surface area contributed by atoms with E-state index in [1.54, 1.807) is 0 Å². The molecule has 0 radical (unpaired) electrons. The van der Waals surface area contributed by atoms with E-state index >= 15 is 0 Å². The molecule has 0 aliphatic heterocycles. The Kier molecular flexibility index (Phi) is 3.97. The Morgan fingerprint density at radius 1 is 1.12 bits per heavy atom. The Hall–Kier alpha value is -1.31. The van der Waals surface area contributed by atoms with Crippen molar-refractivity contribution in [3.05, 3.63) is 35.9 Å². The van der Waals surface area contributed by atoms with Gasteiger partial charge in [0.25, 0.3) is 0 Å². The molecule has 94 valence electrons. The zero-order valence-electron chi connectivity index (χ0n) is 11.4. The topological polar surface area (TPSA) is 26.3 Å². The quantitative estimate of drug-likeness (QED) is 0.745. The second kappa shape index (κ2) is 4.91. The predicted molar refractivity (Wildman–Crippen MR) is 69.9 cm³/mol. The van der Waals surface area contributed by atoms with Gasteiger partial charge in [0.15, 0.2) is 0 Å². The van der Waals surface area contributed by atoms with Crippen LogP contribution in [0.15, 0.2) is 30.3 Å². The molecule has 2 nitrogen and oxygen atoms in total. The summed E-state index contributed by atoms with van der Waals surface area (Å²) in [6.07, 6.45) is 0.728. The van der Waals surface area contributed by atoms with Gasteiger partial charge in [-0.15, -0.1) is 0 Å². The summed E-state index contributed by atoms with van der Waals surface area (Å²) in [6.45, 7) is 9.64. The van der Waals surface area contributed by atoms with Crippen molar-refractivity contribution in [3.63, 3.8) is 0 Å². The summed E-state index contributed by atoms with van der Waals surface area (Å²) in [7, 11) is 0. The van der Waals surface area contributed by atoms with Crippen molar-refractivity contribution in [3.8, 4) is 0 Å². The Bertz CT molecular complexity index is 376. The van der Waals surface area contributed by atoms with E-state index in [-0.39, 0.29) is 5.97 Å². The summed E-state index contributed by atoms with van der Waals surface area (Å²) >= 11 is 0. The molecule has 1 aromatic carbocycles. The standard InChI is InChI=1S/C15H22O2/c1-6-15(5,12-10-8-7-9-11-12)13(16)17-14(2,3)4/h7-11H,6H2,1-5H3. The molecule has 0 heterocycles. The maximum atomic E-state index is 12.3. The molecule has 0 aliphatic carbocycles. The van der Waals surface area contributed by atoms with Gasteiger partial charge in [-0.1, -0.05) is 37.3 Å². The molecule has 17 heavy (non-hydrogen) atoms. The van der Waals surface area contributed by atoms with Crippen molar-refractivity contribution in [2.75, 3.05) is 0 Å². The van der Waals surface area contributed by atoms with E-state index < -0.39 is 11.0 Å². The van der Waals surface area contributed by atoms with E-state index in [4.69, 9.17) is 4.74 Å². The van der Waals surface area contributed by atoms with Gasteiger partial charge in [-0.05, 0) is 39.7 Å². The highest BCUT2D eigenvalue weighted by Gasteiger charge is 2.36. The maximum absolute atomic E-state index is 12.3. The smallest absolute Gasteiger partial charge is 0.316 e. The predicted octanol–water partition coefficient (Wildman–Crippen LogP) is 3.70. The molecule has 1 aromatic rings. The number of rotatable bonds is 3. The van der Waals surface area contributed by atoms with Gasteiger partial charge in [0.05, 0.1) is 5.41 Å². The number of hydrogen-bond donors (Lipinski definition) is 0. The van der Waals surface area contributed by atoms with Crippen molar-refractivity contribution in [1.82, 2.24) is 0 Å². The monoisotopic (exact) mass is 234 g/mol. The van der Waals surface area contributed by atoms with Gasteiger partial charge in [0, 0.05) is 0 Å². The minimum atomic E-state index is -0.561. The van der Waals surface area contributed by atoms with Crippen LogP contribution in [0.3, 0.4) is 0 Å². The van der Waals surface area contributed by atoms with E-state index in [2.05, 4.69) is 0 Å². The van der Waals surface area contributed by atoms with Crippen molar-refractivity contribution < 1.29 is 9.53 Å². The van der Waals surface area contributed by atoms with Crippen molar-refractivity contribution in [2.45, 2.75) is 52.1 Å². The minimum Gasteiger partial charge on any atom is -0.459 e. The van der Waals surface area contributed by atoms with Crippen molar-refractivity contribution in [1.29, 1.82) is 0 Å². The highest BCUT2D eigenvalue weighted by Crippen LogP contribution is 2.30. The van der Waals surface area contributed by atoms with Crippen LogP contribution in [0, 0.1) is 0 Å². The van der Waals surface area contributed by atoms with Gasteiger partial charge in [0.2, 0.25) is 0 Å². The fraction of sp³-hybridized carbons (Fsp3) is 0.533. The summed E-state index contributed by atoms with van der Waals surface area (Å²) in [5.74, 6) is -0.154. The van der Waals surface area contributed by atoms with Crippen LogP contribution < -0.4 is 0 Å². The van der Waals surface area contributed by atoms with Crippen LogP contribution in [-0.2, 0) is 14.9 Å². The molecular weight excluding hydrogens is 212 g/mol. The van der Waals surface area contributed by atoms with Gasteiger partial charge < -0.3 is 4.74 Å². The van der Waals surface area contributed by atoms with E-state index in [0.29, 0.717) is 0 Å². The van der Waals surface area contributed by atoms with Gasteiger partial charge >= 0.3 is 5.97 Å². The molecule has 1 rings (SSSR count). The average molecular weight is 234 g/mol. The fourth-order valence-electron chi connectivity index (χ4n) is 1.66. The van der Waals surface area contributed by atoms with Crippen LogP contribution in [0.4, 0.5) is 0 Å². The lowest BCUT2D eigenvalue weighted by molar-refractivity contribution is -0.161. The van der Waals surface area contributed by atoms with E-state index in [0.717, 1.165) is 12.0 Å². The minimum absolute atomic E-state index is 0.154. The maximum Gasteiger partial charge on any atom is 0.316 e. The summed E-state index contributed by atoms with van der Waals surface area (Å²) in [5, 5.41) is 0. The normalized spacial score (nSPS) is 15.1. The Balaban J connectivity index is 3.01. The lowest BCUT2D eigenvalue weighted by atomic mass is 9.80. The van der Waals surface area contributed by atoms with Gasteiger partial charge in [-0.25, -0.2) is 0 Å². The van der Waals surface area contributed by atoms with Crippen LogP contribution in [0.2, 0.25) is 0 Å². The summed E-state index contributed by atoms with van der Waals surface area (Å²) in [6, 6.07) is 9.82. The second-order valence-corrected chi connectivity index (χ2v) is 5.55.